The van der Waals surface area contributed by atoms with Crippen LogP contribution in [0.4, 0.5) is 0 Å². The highest BCUT2D eigenvalue weighted by Gasteiger charge is 1.97. The minimum absolute atomic E-state index is 0.144. The molecule has 75 valence electrons. The Morgan fingerprint density at radius 3 is 2.71 bits per heavy atom. The third kappa shape index (κ3) is 4.57. The van der Waals surface area contributed by atoms with Crippen molar-refractivity contribution in [2.75, 3.05) is 13.2 Å². The molecule has 0 saturated heterocycles. The van der Waals surface area contributed by atoms with E-state index in [0.29, 0.717) is 13.2 Å². The summed E-state index contributed by atoms with van der Waals surface area (Å²) < 4.78 is 5.21. The summed E-state index contributed by atoms with van der Waals surface area (Å²) in [6.07, 6.45) is 1.50. The van der Waals surface area contributed by atoms with Gasteiger partial charge in [0.25, 0.3) is 0 Å². The van der Waals surface area contributed by atoms with Crippen LogP contribution in [-0.4, -0.2) is 18.1 Å². The summed E-state index contributed by atoms with van der Waals surface area (Å²) in [6, 6.07) is 9.70. The molecule has 1 aromatic carbocycles. The van der Waals surface area contributed by atoms with Gasteiger partial charge in [0, 0.05) is 4.92 Å². The molecule has 1 rings (SSSR count). The fourth-order valence-electron chi connectivity index (χ4n) is 0.992. The Morgan fingerprint density at radius 2 is 2.07 bits per heavy atom. The van der Waals surface area contributed by atoms with E-state index in [2.05, 4.69) is 0 Å². The van der Waals surface area contributed by atoms with Crippen LogP contribution in [0.5, 0.6) is 0 Å². The second-order valence-corrected chi connectivity index (χ2v) is 2.80. The highest BCUT2D eigenvalue weighted by Crippen LogP contribution is 2.00. The zero-order valence-corrected chi connectivity index (χ0v) is 7.76. The first kappa shape index (κ1) is 10.7. The number of hydrogen-bond acceptors (Lipinski definition) is 3. The smallest absolute Gasteiger partial charge is 0.209 e. The van der Waals surface area contributed by atoms with E-state index < -0.39 is 0 Å². The van der Waals surface area contributed by atoms with Crippen molar-refractivity contribution in [1.29, 1.82) is 0 Å². The van der Waals surface area contributed by atoms with Crippen molar-refractivity contribution in [1.82, 2.24) is 0 Å². The summed E-state index contributed by atoms with van der Waals surface area (Å²) in [5, 5.41) is 9.95. The molecule has 0 unspecified atom stereocenters. The van der Waals surface area contributed by atoms with Crippen LogP contribution >= 0.6 is 0 Å². The summed E-state index contributed by atoms with van der Waals surface area (Å²) in [7, 11) is 0. The van der Waals surface area contributed by atoms with E-state index in [-0.39, 0.29) is 11.5 Å². The third-order valence-electron chi connectivity index (χ3n) is 1.63. The van der Waals surface area contributed by atoms with Crippen LogP contribution in [0, 0.1) is 16.5 Å². The fourth-order valence-corrected chi connectivity index (χ4v) is 0.992. The number of nitrogens with zero attached hydrogens (tertiary/aromatic N) is 1. The van der Waals surface area contributed by atoms with Gasteiger partial charge < -0.3 is 4.74 Å². The van der Waals surface area contributed by atoms with Crippen molar-refractivity contribution in [2.24, 2.45) is 0 Å². The van der Waals surface area contributed by atoms with Gasteiger partial charge in [-0.05, 0) is 5.56 Å². The lowest BCUT2D eigenvalue weighted by molar-refractivity contribution is -0.472. The quantitative estimate of drug-likeness (QED) is 0.393. The molecule has 4 heteroatoms. The summed E-state index contributed by atoms with van der Waals surface area (Å²) in [4.78, 5) is 9.57. The summed E-state index contributed by atoms with van der Waals surface area (Å²) in [5.74, 6) is 0. The first-order valence-corrected chi connectivity index (χ1v) is 4.34. The van der Waals surface area contributed by atoms with E-state index in [1.165, 1.54) is 6.42 Å². The van der Waals surface area contributed by atoms with Gasteiger partial charge in [-0.1, -0.05) is 30.3 Å². The monoisotopic (exact) mass is 194 g/mol. The zero-order valence-electron chi connectivity index (χ0n) is 7.76. The lowest BCUT2D eigenvalue weighted by atomic mass is 10.2. The lowest BCUT2D eigenvalue weighted by Gasteiger charge is -2.01. The van der Waals surface area contributed by atoms with Gasteiger partial charge in [0.15, 0.2) is 0 Å². The average molecular weight is 194 g/mol. The van der Waals surface area contributed by atoms with Crippen molar-refractivity contribution in [3.05, 3.63) is 52.4 Å². The Hall–Kier alpha value is -1.42. The number of nitro groups is 1. The molecule has 0 saturated carbocycles. The summed E-state index contributed by atoms with van der Waals surface area (Å²) in [6.45, 7) is 0.666. The second kappa shape index (κ2) is 6.10. The average Bonchev–Trinajstić information content (AvgIpc) is 2.18. The van der Waals surface area contributed by atoms with Crippen LogP contribution in [0.25, 0.3) is 0 Å². The SMILES string of the molecule is O=[N+]([O-])C[CH]COCc1ccccc1. The number of rotatable bonds is 6. The highest BCUT2D eigenvalue weighted by atomic mass is 16.6. The van der Waals surface area contributed by atoms with E-state index >= 15 is 0 Å². The van der Waals surface area contributed by atoms with Crippen LogP contribution < -0.4 is 0 Å². The molecule has 0 heterocycles. The van der Waals surface area contributed by atoms with Gasteiger partial charge in [-0.3, -0.25) is 10.1 Å². The number of ether oxygens (including phenoxy) is 1. The molecule has 0 fully saturated rings. The maximum absolute atomic E-state index is 9.95. The van der Waals surface area contributed by atoms with Gasteiger partial charge in [0.1, 0.15) is 0 Å². The van der Waals surface area contributed by atoms with Crippen molar-refractivity contribution < 1.29 is 9.66 Å². The highest BCUT2D eigenvalue weighted by molar-refractivity contribution is 5.13. The van der Waals surface area contributed by atoms with Crippen molar-refractivity contribution in [3.8, 4) is 0 Å². The molecule has 0 amide bonds. The van der Waals surface area contributed by atoms with Gasteiger partial charge in [0.05, 0.1) is 19.6 Å². The van der Waals surface area contributed by atoms with E-state index in [9.17, 15) is 10.1 Å². The first-order valence-electron chi connectivity index (χ1n) is 4.34. The van der Waals surface area contributed by atoms with Gasteiger partial charge in [-0.15, -0.1) is 0 Å². The van der Waals surface area contributed by atoms with Gasteiger partial charge in [0.2, 0.25) is 6.54 Å². The maximum atomic E-state index is 9.95. The largest absolute Gasteiger partial charge is 0.376 e. The van der Waals surface area contributed by atoms with Gasteiger partial charge in [-0.2, -0.15) is 0 Å². The van der Waals surface area contributed by atoms with E-state index in [1.54, 1.807) is 0 Å². The maximum Gasteiger partial charge on any atom is 0.209 e. The van der Waals surface area contributed by atoms with Crippen LogP contribution in [0.2, 0.25) is 0 Å². The Bertz CT molecular complexity index is 274. The molecule has 4 nitrogen and oxygen atoms in total. The molecule has 0 spiro atoms. The molecule has 0 aliphatic heterocycles. The normalized spacial score (nSPS) is 10.0. The number of hydrogen-bond donors (Lipinski definition) is 0. The van der Waals surface area contributed by atoms with Crippen LogP contribution in [-0.2, 0) is 11.3 Å². The van der Waals surface area contributed by atoms with Crippen LogP contribution in [0.15, 0.2) is 30.3 Å². The Balaban J connectivity index is 2.08. The predicted molar refractivity (Wildman–Crippen MR) is 52.3 cm³/mol. The molecule has 1 aromatic rings. The fraction of sp³-hybridized carbons (Fsp3) is 0.300. The molecule has 0 bridgehead atoms. The topological polar surface area (TPSA) is 52.4 Å². The van der Waals surface area contributed by atoms with E-state index in [1.807, 2.05) is 30.3 Å². The molecule has 1 radical (unpaired) electrons. The van der Waals surface area contributed by atoms with Gasteiger partial charge >= 0.3 is 0 Å². The van der Waals surface area contributed by atoms with E-state index in [4.69, 9.17) is 4.74 Å². The molecule has 0 N–H and O–H groups in total. The molecule has 14 heavy (non-hydrogen) atoms. The van der Waals surface area contributed by atoms with Crippen molar-refractivity contribution in [2.45, 2.75) is 6.61 Å². The Labute approximate surface area is 82.7 Å². The molecule has 0 aliphatic rings. The predicted octanol–water partition coefficient (Wildman–Crippen LogP) is 1.68. The number of benzene rings is 1. The van der Waals surface area contributed by atoms with Crippen molar-refractivity contribution >= 4 is 0 Å². The molecule has 0 aromatic heterocycles. The minimum atomic E-state index is -0.383. The van der Waals surface area contributed by atoms with Gasteiger partial charge in [-0.25, -0.2) is 0 Å². The summed E-state index contributed by atoms with van der Waals surface area (Å²) >= 11 is 0. The first-order chi connectivity index (χ1) is 6.79. The lowest BCUT2D eigenvalue weighted by Crippen LogP contribution is -2.06. The summed E-state index contributed by atoms with van der Waals surface area (Å²) in [5.41, 5.74) is 1.07. The Kier molecular flexibility index (Phi) is 4.64. The molecular formula is C10H12NO3. The second-order valence-electron chi connectivity index (χ2n) is 2.80. The van der Waals surface area contributed by atoms with Crippen LogP contribution in [0.3, 0.4) is 0 Å². The zero-order chi connectivity index (χ0) is 10.2. The standard InChI is InChI=1S/C10H12NO3/c12-11(13)7-4-8-14-9-10-5-2-1-3-6-10/h1-6H,7-9H2. The molecule has 0 aliphatic carbocycles. The van der Waals surface area contributed by atoms with E-state index in [0.717, 1.165) is 5.56 Å². The molecule has 0 atom stereocenters. The Morgan fingerprint density at radius 1 is 1.36 bits per heavy atom. The third-order valence-corrected chi connectivity index (χ3v) is 1.63. The molecular weight excluding hydrogens is 182 g/mol. The minimum Gasteiger partial charge on any atom is -0.376 e. The van der Waals surface area contributed by atoms with Crippen LogP contribution in [0.1, 0.15) is 5.56 Å². The van der Waals surface area contributed by atoms with Crippen molar-refractivity contribution in [3.63, 3.8) is 0 Å².